The van der Waals surface area contributed by atoms with Crippen LogP contribution in [0.25, 0.3) is 21.9 Å². The van der Waals surface area contributed by atoms with E-state index in [1.54, 1.807) is 5.56 Å². The van der Waals surface area contributed by atoms with Crippen molar-refractivity contribution >= 4 is 39.0 Å². The topological polar surface area (TPSA) is 16.4 Å². The number of para-hydroxylation sites is 1. The monoisotopic (exact) mass is 641 g/mol. The molecule has 1 heterocycles. The van der Waals surface area contributed by atoms with Crippen LogP contribution in [0.5, 0.6) is 0 Å². The average Bonchev–Trinajstić information content (AvgIpc) is 3.32. The fourth-order valence-corrected chi connectivity index (χ4v) is 11.5. The number of fused-ring (bicyclic) bond motifs is 3. The summed E-state index contributed by atoms with van der Waals surface area (Å²) in [6.07, 6.45) is 16.3. The average molecular weight is 642 g/mol. The van der Waals surface area contributed by atoms with Crippen molar-refractivity contribution in [3.05, 3.63) is 138 Å². The van der Waals surface area contributed by atoms with Gasteiger partial charge in [0.15, 0.2) is 0 Å². The summed E-state index contributed by atoms with van der Waals surface area (Å²) in [7, 11) is 0. The van der Waals surface area contributed by atoms with Crippen LogP contribution in [0.3, 0.4) is 0 Å². The zero-order chi connectivity index (χ0) is 32.4. The first kappa shape index (κ1) is 29.6. The summed E-state index contributed by atoms with van der Waals surface area (Å²) >= 11 is 0. The number of furan rings is 1. The highest BCUT2D eigenvalue weighted by atomic mass is 16.3. The minimum atomic E-state index is 0.0786. The lowest BCUT2D eigenvalue weighted by Gasteiger charge is -2.57. The van der Waals surface area contributed by atoms with Gasteiger partial charge in [-0.25, -0.2) is 0 Å². The van der Waals surface area contributed by atoms with Crippen LogP contribution in [0, 0.1) is 17.8 Å². The maximum absolute atomic E-state index is 6.26. The molecular weight excluding hydrogens is 595 g/mol. The van der Waals surface area contributed by atoms with Crippen molar-refractivity contribution in [2.24, 2.45) is 17.8 Å². The van der Waals surface area contributed by atoms with Gasteiger partial charge in [0.25, 0.3) is 0 Å². The van der Waals surface area contributed by atoms with Gasteiger partial charge in [-0.1, -0.05) is 98.5 Å². The van der Waals surface area contributed by atoms with E-state index >= 15 is 0 Å². The fraction of sp³-hybridized carbons (Fsp3) is 0.362. The van der Waals surface area contributed by atoms with Crippen LogP contribution >= 0.6 is 0 Å². The van der Waals surface area contributed by atoms with Gasteiger partial charge in [-0.2, -0.15) is 0 Å². The number of anilines is 3. The molecule has 1 aromatic heterocycles. The van der Waals surface area contributed by atoms with Crippen LogP contribution in [0.2, 0.25) is 0 Å². The van der Waals surface area contributed by atoms with Crippen molar-refractivity contribution in [2.75, 3.05) is 4.90 Å². The van der Waals surface area contributed by atoms with E-state index in [9.17, 15) is 0 Å². The predicted octanol–water partition coefficient (Wildman–Crippen LogP) is 13.2. The second kappa shape index (κ2) is 11.7. The van der Waals surface area contributed by atoms with E-state index in [-0.39, 0.29) is 5.41 Å². The van der Waals surface area contributed by atoms with Crippen LogP contribution < -0.4 is 4.90 Å². The molecule has 2 heteroatoms. The Morgan fingerprint density at radius 1 is 0.469 bits per heavy atom. The number of benzene rings is 5. The van der Waals surface area contributed by atoms with Gasteiger partial charge in [0.2, 0.25) is 0 Å². The molecule has 0 N–H and O–H groups in total. The third kappa shape index (κ3) is 4.97. The van der Waals surface area contributed by atoms with Crippen molar-refractivity contribution < 1.29 is 4.42 Å². The lowest BCUT2D eigenvalue weighted by molar-refractivity contribution is -0.00518. The molecule has 5 aliphatic carbocycles. The minimum absolute atomic E-state index is 0.0786. The van der Waals surface area contributed by atoms with Gasteiger partial charge >= 0.3 is 0 Å². The largest absolute Gasteiger partial charge is 0.456 e. The summed E-state index contributed by atoms with van der Waals surface area (Å²) in [5.41, 5.74) is 10.5. The molecule has 5 aromatic carbocycles. The summed E-state index contributed by atoms with van der Waals surface area (Å²) in [4.78, 5) is 2.47. The van der Waals surface area contributed by atoms with E-state index in [0.717, 1.165) is 28.9 Å². The third-order valence-electron chi connectivity index (χ3n) is 13.4. The van der Waals surface area contributed by atoms with Gasteiger partial charge < -0.3 is 9.32 Å². The van der Waals surface area contributed by atoms with E-state index in [1.807, 2.05) is 0 Å². The highest BCUT2D eigenvalue weighted by molar-refractivity contribution is 6.06. The number of rotatable bonds is 6. The van der Waals surface area contributed by atoms with E-state index in [2.05, 4.69) is 126 Å². The maximum atomic E-state index is 6.26. The molecule has 2 nitrogen and oxygen atoms in total. The zero-order valence-corrected chi connectivity index (χ0v) is 28.6. The molecule has 0 aliphatic heterocycles. The molecule has 0 amide bonds. The molecule has 0 radical (unpaired) electrons. The van der Waals surface area contributed by atoms with Crippen LogP contribution in [-0.4, -0.2) is 0 Å². The Hall–Kier alpha value is -4.30. The van der Waals surface area contributed by atoms with Gasteiger partial charge in [-0.3, -0.25) is 0 Å². The smallest absolute Gasteiger partial charge is 0.135 e. The Bertz CT molecular complexity index is 2060. The Kier molecular flexibility index (Phi) is 7.04. The molecule has 11 rings (SSSR count). The lowest BCUT2D eigenvalue weighted by atomic mass is 9.48. The number of hydrogen-bond acceptors (Lipinski definition) is 2. The van der Waals surface area contributed by atoms with Gasteiger partial charge in [-0.05, 0) is 140 Å². The first-order chi connectivity index (χ1) is 24.2. The van der Waals surface area contributed by atoms with Crippen LogP contribution in [0.1, 0.15) is 93.7 Å². The highest BCUT2D eigenvalue weighted by Gasteiger charge is 2.51. The highest BCUT2D eigenvalue weighted by Crippen LogP contribution is 2.61. The van der Waals surface area contributed by atoms with Crippen LogP contribution in [-0.2, 0) is 10.8 Å². The Morgan fingerprint density at radius 2 is 1.00 bits per heavy atom. The summed E-state index contributed by atoms with van der Waals surface area (Å²) < 4.78 is 6.26. The molecule has 5 fully saturated rings. The van der Waals surface area contributed by atoms with Gasteiger partial charge in [0, 0.05) is 33.2 Å². The predicted molar refractivity (Wildman–Crippen MR) is 203 cm³/mol. The maximum Gasteiger partial charge on any atom is 0.135 e. The molecule has 0 atom stereocenters. The summed E-state index contributed by atoms with van der Waals surface area (Å²) in [5.74, 6) is 2.85. The quantitative estimate of drug-likeness (QED) is 0.168. The zero-order valence-electron chi connectivity index (χ0n) is 28.6. The van der Waals surface area contributed by atoms with Crippen LogP contribution in [0.15, 0.2) is 126 Å². The first-order valence-electron chi connectivity index (χ1n) is 19.1. The van der Waals surface area contributed by atoms with E-state index < -0.39 is 0 Å². The molecule has 6 aromatic rings. The normalized spacial score (nSPS) is 25.8. The summed E-state index contributed by atoms with van der Waals surface area (Å²) in [6.45, 7) is 0. The van der Waals surface area contributed by atoms with Crippen molar-refractivity contribution in [2.45, 2.75) is 87.9 Å². The summed E-state index contributed by atoms with van der Waals surface area (Å²) in [5, 5.41) is 2.34. The minimum Gasteiger partial charge on any atom is -0.456 e. The molecule has 0 spiro atoms. The van der Waals surface area contributed by atoms with Crippen molar-refractivity contribution in [3.8, 4) is 0 Å². The second-order valence-electron chi connectivity index (χ2n) is 16.3. The SMILES string of the molecule is c1ccc(C2(c3ccc(N(c4ccc(C56CC7CC(CC(C7)C5)C6)cc4)c4ccc5oc6ccccc6c5c4)cc3)CCCCCC2)cc1. The summed E-state index contributed by atoms with van der Waals surface area (Å²) in [6, 6.07) is 45.9. The number of hydrogen-bond donors (Lipinski definition) is 0. The Balaban J connectivity index is 1.07. The second-order valence-corrected chi connectivity index (χ2v) is 16.3. The van der Waals surface area contributed by atoms with E-state index in [0.29, 0.717) is 5.41 Å². The lowest BCUT2D eigenvalue weighted by Crippen LogP contribution is -2.48. The van der Waals surface area contributed by atoms with Gasteiger partial charge in [-0.15, -0.1) is 0 Å². The van der Waals surface area contributed by atoms with E-state index in [1.165, 1.54) is 116 Å². The van der Waals surface area contributed by atoms with Gasteiger partial charge in [0.05, 0.1) is 0 Å². The number of nitrogens with zero attached hydrogens (tertiary/aromatic N) is 1. The van der Waals surface area contributed by atoms with Crippen molar-refractivity contribution in [3.63, 3.8) is 0 Å². The molecule has 5 aliphatic rings. The molecule has 5 saturated carbocycles. The fourth-order valence-electron chi connectivity index (χ4n) is 11.5. The first-order valence-corrected chi connectivity index (χ1v) is 19.1. The molecule has 49 heavy (non-hydrogen) atoms. The molecular formula is C47H47NO. The Morgan fingerprint density at radius 3 is 1.65 bits per heavy atom. The molecule has 0 saturated heterocycles. The van der Waals surface area contributed by atoms with Gasteiger partial charge in [0.1, 0.15) is 11.2 Å². The molecule has 246 valence electrons. The molecule has 0 unspecified atom stereocenters. The van der Waals surface area contributed by atoms with Crippen molar-refractivity contribution in [1.82, 2.24) is 0 Å². The standard InChI is InChI=1S/C47H47NO/c1-2-9-25-47(24-8-1,37-10-4-3-5-11-37)38-16-20-40(21-17-38)48(41-22-23-45-43(29-41)42-12-6-7-13-44(42)49-45)39-18-14-36(15-19-39)46-30-33-26-34(31-46)28-35(27-33)32-46/h3-7,10-23,29,33-35H,1-2,8-9,24-28,30-32H2. The van der Waals surface area contributed by atoms with E-state index in [4.69, 9.17) is 4.42 Å². The van der Waals surface area contributed by atoms with Crippen molar-refractivity contribution in [1.29, 1.82) is 0 Å². The van der Waals surface area contributed by atoms with Crippen LogP contribution in [0.4, 0.5) is 17.1 Å². The Labute approximate surface area is 291 Å². The molecule has 4 bridgehead atoms. The third-order valence-corrected chi connectivity index (χ3v) is 13.4.